The number of allylic oxidation sites excluding steroid dienone is 17. The van der Waals surface area contributed by atoms with Crippen LogP contribution in [0.1, 0.15) is 329 Å². The molecule has 0 aliphatic heterocycles. The van der Waals surface area contributed by atoms with Crippen LogP contribution < -0.4 is 0 Å². The lowest BCUT2D eigenvalue weighted by molar-refractivity contribution is -0.166. The zero-order valence-electron chi connectivity index (χ0n) is 53.3. The molecule has 0 N–H and O–H groups in total. The van der Waals surface area contributed by atoms with Crippen molar-refractivity contribution in [2.24, 2.45) is 0 Å². The van der Waals surface area contributed by atoms with Crippen LogP contribution in [0.15, 0.2) is 109 Å². The Hall–Kier alpha value is -3.93. The molecule has 0 aliphatic rings. The van der Waals surface area contributed by atoms with Gasteiger partial charge in [0.05, 0.1) is 6.42 Å². The predicted octanol–water partition coefficient (Wildman–Crippen LogP) is 23.8. The molecule has 0 rings (SSSR count). The molecular weight excluding hydrogens is 997 g/mol. The van der Waals surface area contributed by atoms with Crippen LogP contribution in [0.3, 0.4) is 0 Å². The van der Waals surface area contributed by atoms with Gasteiger partial charge in [-0.15, -0.1) is 0 Å². The second-order valence-electron chi connectivity index (χ2n) is 22.7. The van der Waals surface area contributed by atoms with E-state index in [9.17, 15) is 14.4 Å². The van der Waals surface area contributed by atoms with Crippen LogP contribution in [0.25, 0.3) is 0 Å². The van der Waals surface area contributed by atoms with Crippen molar-refractivity contribution in [3.05, 3.63) is 109 Å². The molecule has 1 unspecified atom stereocenters. The van der Waals surface area contributed by atoms with Gasteiger partial charge in [0.2, 0.25) is 0 Å². The first-order valence-corrected chi connectivity index (χ1v) is 34.4. The molecule has 0 aromatic carbocycles. The van der Waals surface area contributed by atoms with Crippen molar-refractivity contribution < 1.29 is 28.6 Å². The molecule has 1 atom stereocenters. The fraction of sp³-hybridized carbons (Fsp3) is 0.720. The summed E-state index contributed by atoms with van der Waals surface area (Å²) < 4.78 is 16.9. The minimum absolute atomic E-state index is 0.110. The molecule has 464 valence electrons. The minimum Gasteiger partial charge on any atom is -0.462 e. The molecule has 0 saturated carbocycles. The van der Waals surface area contributed by atoms with Crippen LogP contribution in [-0.2, 0) is 28.6 Å². The van der Waals surface area contributed by atoms with Crippen molar-refractivity contribution >= 4 is 17.9 Å². The summed E-state index contributed by atoms with van der Waals surface area (Å²) >= 11 is 0. The Bertz CT molecular complexity index is 1620. The molecule has 0 heterocycles. The third-order valence-electron chi connectivity index (χ3n) is 14.8. The molecule has 0 fully saturated rings. The predicted molar refractivity (Wildman–Crippen MR) is 353 cm³/mol. The van der Waals surface area contributed by atoms with Gasteiger partial charge >= 0.3 is 17.9 Å². The lowest BCUT2D eigenvalue weighted by atomic mass is 10.0. The maximum absolute atomic E-state index is 12.9. The summed E-state index contributed by atoms with van der Waals surface area (Å²) in [6, 6.07) is 0. The van der Waals surface area contributed by atoms with E-state index < -0.39 is 12.1 Å². The van der Waals surface area contributed by atoms with Crippen LogP contribution in [0.5, 0.6) is 0 Å². The molecule has 0 radical (unpaired) electrons. The number of hydrogen-bond acceptors (Lipinski definition) is 6. The summed E-state index contributed by atoms with van der Waals surface area (Å²) in [5.74, 6) is -1.04. The molecular formula is C75H128O6. The summed E-state index contributed by atoms with van der Waals surface area (Å²) in [6.07, 6.45) is 94.3. The molecule has 0 amide bonds. The first kappa shape index (κ1) is 77.1. The number of carbonyl (C=O) groups is 3. The number of unbranched alkanes of at least 4 members (excludes halogenated alkanes) is 34. The van der Waals surface area contributed by atoms with E-state index in [0.717, 1.165) is 103 Å². The lowest BCUT2D eigenvalue weighted by Crippen LogP contribution is -2.30. The molecule has 0 aromatic rings. The topological polar surface area (TPSA) is 78.9 Å². The highest BCUT2D eigenvalue weighted by Gasteiger charge is 2.19. The van der Waals surface area contributed by atoms with Crippen molar-refractivity contribution in [2.45, 2.75) is 335 Å². The van der Waals surface area contributed by atoms with Gasteiger partial charge in [-0.2, -0.15) is 0 Å². The van der Waals surface area contributed by atoms with Gasteiger partial charge in [0, 0.05) is 12.8 Å². The number of esters is 3. The molecule has 0 aromatic heterocycles. The second kappa shape index (κ2) is 68.6. The van der Waals surface area contributed by atoms with Crippen LogP contribution in [0, 0.1) is 0 Å². The first-order valence-electron chi connectivity index (χ1n) is 34.4. The maximum atomic E-state index is 12.9. The van der Waals surface area contributed by atoms with E-state index >= 15 is 0 Å². The number of carbonyl (C=O) groups excluding carboxylic acids is 3. The van der Waals surface area contributed by atoms with Crippen molar-refractivity contribution in [2.75, 3.05) is 13.2 Å². The van der Waals surface area contributed by atoms with Gasteiger partial charge in [0.1, 0.15) is 13.2 Å². The fourth-order valence-corrected chi connectivity index (χ4v) is 9.75. The lowest BCUT2D eigenvalue weighted by Gasteiger charge is -2.18. The number of hydrogen-bond donors (Lipinski definition) is 0. The van der Waals surface area contributed by atoms with Crippen LogP contribution >= 0.6 is 0 Å². The van der Waals surface area contributed by atoms with Crippen molar-refractivity contribution in [3.63, 3.8) is 0 Å². The van der Waals surface area contributed by atoms with Gasteiger partial charge < -0.3 is 14.2 Å². The fourth-order valence-electron chi connectivity index (χ4n) is 9.75. The van der Waals surface area contributed by atoms with Crippen molar-refractivity contribution in [1.82, 2.24) is 0 Å². The third-order valence-corrected chi connectivity index (χ3v) is 14.8. The molecule has 0 bridgehead atoms. The van der Waals surface area contributed by atoms with Crippen molar-refractivity contribution in [1.29, 1.82) is 0 Å². The van der Waals surface area contributed by atoms with E-state index in [1.54, 1.807) is 6.08 Å². The second-order valence-corrected chi connectivity index (χ2v) is 22.7. The summed E-state index contributed by atoms with van der Waals surface area (Å²) in [6.45, 7) is 6.36. The van der Waals surface area contributed by atoms with Gasteiger partial charge in [0.25, 0.3) is 0 Å². The summed E-state index contributed by atoms with van der Waals surface area (Å²) in [5.41, 5.74) is 0. The Morgan fingerprint density at radius 1 is 0.272 bits per heavy atom. The first-order chi connectivity index (χ1) is 40.0. The zero-order valence-corrected chi connectivity index (χ0v) is 53.3. The van der Waals surface area contributed by atoms with E-state index in [1.165, 1.54) is 186 Å². The summed E-state index contributed by atoms with van der Waals surface area (Å²) in [7, 11) is 0. The molecule has 0 aliphatic carbocycles. The average Bonchev–Trinajstić information content (AvgIpc) is 3.47. The quantitative estimate of drug-likeness (QED) is 0.0261. The van der Waals surface area contributed by atoms with Crippen LogP contribution in [0.2, 0.25) is 0 Å². The van der Waals surface area contributed by atoms with Gasteiger partial charge in [-0.05, 0) is 83.5 Å². The van der Waals surface area contributed by atoms with Crippen LogP contribution in [0.4, 0.5) is 0 Å². The summed E-state index contributed by atoms with van der Waals surface area (Å²) in [5, 5.41) is 0. The molecule has 81 heavy (non-hydrogen) atoms. The van der Waals surface area contributed by atoms with E-state index in [-0.39, 0.29) is 31.6 Å². The number of ether oxygens (including phenoxy) is 3. The van der Waals surface area contributed by atoms with Crippen molar-refractivity contribution in [3.8, 4) is 0 Å². The van der Waals surface area contributed by atoms with E-state index in [1.807, 2.05) is 6.08 Å². The van der Waals surface area contributed by atoms with Gasteiger partial charge in [0.15, 0.2) is 6.10 Å². The molecule has 0 spiro atoms. The largest absolute Gasteiger partial charge is 0.462 e. The Morgan fingerprint density at radius 2 is 0.531 bits per heavy atom. The third kappa shape index (κ3) is 66.8. The average molecular weight is 1130 g/mol. The maximum Gasteiger partial charge on any atom is 0.309 e. The molecule has 6 nitrogen and oxygen atoms in total. The SMILES string of the molecule is CC/C=C\C/C=C\C/C=C\C/C=C\C/C=C\CC(=O)OCC(COC(=O)CCCCCCCCCCCCCCCCCCCCCCCCCCCCC)OC(=O)CCCCCCCCCC/C=C\C/C=C\C/C=C\C/C=C\CC. The highest BCUT2D eigenvalue weighted by Crippen LogP contribution is 2.18. The highest BCUT2D eigenvalue weighted by atomic mass is 16.6. The van der Waals surface area contributed by atoms with Gasteiger partial charge in [-0.25, -0.2) is 0 Å². The minimum atomic E-state index is -0.825. The monoisotopic (exact) mass is 1120 g/mol. The highest BCUT2D eigenvalue weighted by molar-refractivity contribution is 5.72. The Morgan fingerprint density at radius 3 is 0.864 bits per heavy atom. The van der Waals surface area contributed by atoms with Crippen LogP contribution in [-0.4, -0.2) is 37.2 Å². The Labute approximate surface area is 501 Å². The van der Waals surface area contributed by atoms with E-state index in [0.29, 0.717) is 12.8 Å². The molecule has 0 saturated heterocycles. The molecule has 6 heteroatoms. The summed E-state index contributed by atoms with van der Waals surface area (Å²) in [4.78, 5) is 38.3. The Kier molecular flexibility index (Phi) is 65.2. The normalized spacial score (nSPS) is 12.8. The van der Waals surface area contributed by atoms with E-state index in [4.69, 9.17) is 14.2 Å². The van der Waals surface area contributed by atoms with Gasteiger partial charge in [-0.1, -0.05) is 336 Å². The zero-order chi connectivity index (χ0) is 58.5. The Balaban J connectivity index is 4.35. The van der Waals surface area contributed by atoms with Gasteiger partial charge in [-0.3, -0.25) is 14.4 Å². The number of rotatable bonds is 62. The standard InChI is InChI=1S/C75H128O6/c1-4-7-10-13-16-19-22-25-28-30-32-34-35-36-37-38-39-41-42-44-47-50-53-56-59-62-65-68-74(77)80-71-72(70-79-73(76)67-64-61-58-55-52-49-46-27-24-21-18-15-12-9-6-3)81-75(78)69-66-63-60-57-54-51-48-45-43-40-33-31-29-26-23-20-17-14-11-8-5-2/h8-9,11-12,17-18,20-21,26-27,29,33,40,46,52,55,61,64,72H,4-7,10,13-16,19,22-25,28,30-32,34-39,41-45,47-51,53-54,56-60,62-63,65-71H2,1-3H3/b11-8-,12-9-,20-17-,21-18-,29-26-,40-33-,46-27-,55-52-,64-61-. The smallest absolute Gasteiger partial charge is 0.309 e. The van der Waals surface area contributed by atoms with E-state index in [2.05, 4.69) is 118 Å².